The lowest BCUT2D eigenvalue weighted by Crippen LogP contribution is -2.51. The van der Waals surface area contributed by atoms with Gasteiger partial charge in [-0.25, -0.2) is 4.68 Å². The first kappa shape index (κ1) is 16.2. The molecule has 9 heteroatoms. The number of carbonyl (C=O) groups is 2. The van der Waals surface area contributed by atoms with Crippen LogP contribution in [0.5, 0.6) is 0 Å². The molecule has 0 saturated carbocycles. The summed E-state index contributed by atoms with van der Waals surface area (Å²) in [6.45, 7) is 6.33. The van der Waals surface area contributed by atoms with Gasteiger partial charge in [0.15, 0.2) is 0 Å². The van der Waals surface area contributed by atoms with Crippen LogP contribution >= 0.6 is 0 Å². The number of nitrogens with zero attached hydrogens (tertiary/aromatic N) is 6. The van der Waals surface area contributed by atoms with Crippen molar-refractivity contribution in [2.45, 2.75) is 26.3 Å². The Kier molecular flexibility index (Phi) is 4.59. The fourth-order valence-corrected chi connectivity index (χ4v) is 2.87. The number of tetrazole rings is 1. The van der Waals surface area contributed by atoms with Crippen molar-refractivity contribution in [1.82, 2.24) is 35.0 Å². The first-order valence-corrected chi connectivity index (χ1v) is 8.01. The smallest absolute Gasteiger partial charge is 0.255 e. The van der Waals surface area contributed by atoms with Crippen molar-refractivity contribution >= 4 is 11.8 Å². The molecule has 24 heavy (non-hydrogen) atoms. The molecule has 1 N–H and O–H groups in total. The zero-order chi connectivity index (χ0) is 17.1. The number of rotatable bonds is 4. The van der Waals surface area contributed by atoms with Crippen molar-refractivity contribution in [3.8, 4) is 0 Å². The third kappa shape index (κ3) is 3.29. The average Bonchev–Trinajstić information content (AvgIpc) is 3.25. The Bertz CT molecular complexity index is 699. The molecule has 0 unspecified atom stereocenters. The van der Waals surface area contributed by atoms with Crippen LogP contribution in [-0.2, 0) is 11.3 Å². The zero-order valence-corrected chi connectivity index (χ0v) is 13.8. The summed E-state index contributed by atoms with van der Waals surface area (Å²) in [6, 6.07) is 1.83. The number of amides is 2. The molecule has 9 nitrogen and oxygen atoms in total. The van der Waals surface area contributed by atoms with Crippen molar-refractivity contribution in [2.24, 2.45) is 0 Å². The molecule has 0 bridgehead atoms. The molecule has 0 radical (unpaired) electrons. The van der Waals surface area contributed by atoms with Crippen LogP contribution in [-0.4, -0.2) is 73.0 Å². The molecular formula is C15H21N7O2. The van der Waals surface area contributed by atoms with Crippen molar-refractivity contribution in [3.05, 3.63) is 29.8 Å². The van der Waals surface area contributed by atoms with Gasteiger partial charge in [0, 0.05) is 38.1 Å². The van der Waals surface area contributed by atoms with Gasteiger partial charge in [0.05, 0.1) is 5.56 Å². The Hall–Kier alpha value is -2.71. The number of hydrogen-bond donors (Lipinski definition) is 1. The summed E-state index contributed by atoms with van der Waals surface area (Å²) in [5.41, 5.74) is 1.68. The highest BCUT2D eigenvalue weighted by molar-refractivity contribution is 5.95. The van der Waals surface area contributed by atoms with E-state index in [1.54, 1.807) is 16.0 Å². The maximum atomic E-state index is 12.7. The van der Waals surface area contributed by atoms with Crippen LogP contribution in [0.1, 0.15) is 35.8 Å². The summed E-state index contributed by atoms with van der Waals surface area (Å²) in [5, 5.41) is 10.7. The molecule has 0 aliphatic carbocycles. The van der Waals surface area contributed by atoms with Gasteiger partial charge in [-0.1, -0.05) is 13.8 Å². The van der Waals surface area contributed by atoms with Gasteiger partial charge in [0.25, 0.3) is 5.91 Å². The predicted octanol–water partition coefficient (Wildman–Crippen LogP) is 0.109. The largest absolute Gasteiger partial charge is 0.364 e. The highest BCUT2D eigenvalue weighted by atomic mass is 16.2. The number of carbonyl (C=O) groups excluding carboxylic acids is 2. The molecule has 2 aromatic rings. The molecule has 1 aliphatic heterocycles. The maximum Gasteiger partial charge on any atom is 0.255 e. The predicted molar refractivity (Wildman–Crippen MR) is 85.2 cm³/mol. The monoisotopic (exact) mass is 331 g/mol. The third-order valence-corrected chi connectivity index (χ3v) is 4.20. The Morgan fingerprint density at radius 3 is 2.54 bits per heavy atom. The van der Waals surface area contributed by atoms with Gasteiger partial charge in [0.2, 0.25) is 5.91 Å². The second-order valence-corrected chi connectivity index (χ2v) is 6.14. The first-order chi connectivity index (χ1) is 11.6. The molecule has 3 rings (SSSR count). The van der Waals surface area contributed by atoms with Crippen molar-refractivity contribution in [1.29, 1.82) is 0 Å². The Balaban J connectivity index is 1.57. The molecule has 1 saturated heterocycles. The third-order valence-electron chi connectivity index (χ3n) is 4.20. The number of hydrogen-bond acceptors (Lipinski definition) is 5. The van der Waals surface area contributed by atoms with E-state index in [4.69, 9.17) is 0 Å². The van der Waals surface area contributed by atoms with Gasteiger partial charge in [-0.3, -0.25) is 9.59 Å². The van der Waals surface area contributed by atoms with Gasteiger partial charge in [-0.05, 0) is 22.4 Å². The van der Waals surface area contributed by atoms with Crippen LogP contribution in [0.15, 0.2) is 18.6 Å². The molecule has 2 amide bonds. The molecule has 0 spiro atoms. The SMILES string of the molecule is CC(C)c1[nH]ccc1C(=O)N1CCN(C(=O)Cn2cnnn2)CC1. The average molecular weight is 331 g/mol. The molecule has 3 heterocycles. The van der Waals surface area contributed by atoms with E-state index in [9.17, 15) is 9.59 Å². The second kappa shape index (κ2) is 6.81. The number of piperazine rings is 1. The Morgan fingerprint density at radius 2 is 1.92 bits per heavy atom. The molecule has 0 aromatic carbocycles. The van der Waals surface area contributed by atoms with E-state index in [0.29, 0.717) is 26.2 Å². The minimum absolute atomic E-state index is 0.0209. The Morgan fingerprint density at radius 1 is 1.21 bits per heavy atom. The van der Waals surface area contributed by atoms with Crippen molar-refractivity contribution in [2.75, 3.05) is 26.2 Å². The lowest BCUT2D eigenvalue weighted by molar-refractivity contribution is -0.133. The summed E-state index contributed by atoms with van der Waals surface area (Å²) in [4.78, 5) is 31.6. The lowest BCUT2D eigenvalue weighted by atomic mass is 10.1. The molecular weight excluding hydrogens is 310 g/mol. The van der Waals surface area contributed by atoms with E-state index < -0.39 is 0 Å². The summed E-state index contributed by atoms with van der Waals surface area (Å²) in [5.74, 6) is 0.240. The van der Waals surface area contributed by atoms with Crippen LogP contribution in [0.4, 0.5) is 0 Å². The standard InChI is InChI=1S/C15H21N7O2/c1-11(2)14-12(3-4-16-14)15(24)21-7-5-20(6-8-21)13(23)9-22-10-17-18-19-22/h3-4,10-11,16H,5-9H2,1-2H3. The van der Waals surface area contributed by atoms with Crippen LogP contribution in [0.2, 0.25) is 0 Å². The van der Waals surface area contributed by atoms with Crippen LogP contribution < -0.4 is 0 Å². The topological polar surface area (TPSA) is 100 Å². The number of H-pyrrole nitrogens is 1. The van der Waals surface area contributed by atoms with E-state index in [1.807, 2.05) is 6.07 Å². The highest BCUT2D eigenvalue weighted by Crippen LogP contribution is 2.20. The van der Waals surface area contributed by atoms with E-state index in [0.717, 1.165) is 11.3 Å². The second-order valence-electron chi connectivity index (χ2n) is 6.14. The van der Waals surface area contributed by atoms with Gasteiger partial charge in [-0.15, -0.1) is 5.10 Å². The van der Waals surface area contributed by atoms with E-state index in [1.165, 1.54) is 11.0 Å². The van der Waals surface area contributed by atoms with Gasteiger partial charge < -0.3 is 14.8 Å². The number of nitrogens with one attached hydrogen (secondary N) is 1. The fourth-order valence-electron chi connectivity index (χ4n) is 2.87. The highest BCUT2D eigenvalue weighted by Gasteiger charge is 2.27. The maximum absolute atomic E-state index is 12.7. The summed E-state index contributed by atoms with van der Waals surface area (Å²) < 4.78 is 1.40. The number of aromatic nitrogens is 5. The summed E-state index contributed by atoms with van der Waals surface area (Å²) in [7, 11) is 0. The van der Waals surface area contributed by atoms with Crippen LogP contribution in [0.3, 0.4) is 0 Å². The van der Waals surface area contributed by atoms with Gasteiger partial charge in [0.1, 0.15) is 12.9 Å². The fraction of sp³-hybridized carbons (Fsp3) is 0.533. The lowest BCUT2D eigenvalue weighted by Gasteiger charge is -2.34. The van der Waals surface area contributed by atoms with Crippen molar-refractivity contribution < 1.29 is 9.59 Å². The molecule has 128 valence electrons. The van der Waals surface area contributed by atoms with Crippen LogP contribution in [0, 0.1) is 0 Å². The van der Waals surface area contributed by atoms with Crippen molar-refractivity contribution in [3.63, 3.8) is 0 Å². The first-order valence-electron chi connectivity index (χ1n) is 8.01. The zero-order valence-electron chi connectivity index (χ0n) is 13.8. The molecule has 1 fully saturated rings. The molecule has 0 atom stereocenters. The van der Waals surface area contributed by atoms with E-state index in [2.05, 4.69) is 34.4 Å². The van der Waals surface area contributed by atoms with E-state index >= 15 is 0 Å². The molecule has 1 aliphatic rings. The minimum atomic E-state index is -0.0427. The number of aromatic amines is 1. The quantitative estimate of drug-likeness (QED) is 0.857. The molecule has 2 aromatic heterocycles. The Labute approximate surface area is 139 Å². The van der Waals surface area contributed by atoms with Crippen LogP contribution in [0.25, 0.3) is 0 Å². The summed E-state index contributed by atoms with van der Waals surface area (Å²) >= 11 is 0. The normalized spacial score (nSPS) is 15.1. The van der Waals surface area contributed by atoms with E-state index in [-0.39, 0.29) is 24.3 Å². The summed E-state index contributed by atoms with van der Waals surface area (Å²) in [6.07, 6.45) is 3.21. The van der Waals surface area contributed by atoms with Gasteiger partial charge in [-0.2, -0.15) is 0 Å². The minimum Gasteiger partial charge on any atom is -0.364 e. The van der Waals surface area contributed by atoms with Gasteiger partial charge >= 0.3 is 0 Å².